The fraction of sp³-hybridized carbons (Fsp3) is 0.286. The molecule has 1 heterocycles. The number of aromatic nitrogens is 2. The molecule has 0 fully saturated rings. The summed E-state index contributed by atoms with van der Waals surface area (Å²) in [5.41, 5.74) is 0.955. The van der Waals surface area contributed by atoms with Crippen molar-refractivity contribution in [2.75, 3.05) is 0 Å². The summed E-state index contributed by atoms with van der Waals surface area (Å²) in [5, 5.41) is -0.299. The van der Waals surface area contributed by atoms with E-state index in [0.29, 0.717) is 24.1 Å². The summed E-state index contributed by atoms with van der Waals surface area (Å²) in [4.78, 5) is 18.8. The Morgan fingerprint density at radius 3 is 2.70 bits per heavy atom. The quantitative estimate of drug-likeness (QED) is 0.821. The predicted molar refractivity (Wildman–Crippen MR) is 71.9 cm³/mol. The van der Waals surface area contributed by atoms with E-state index in [1.807, 2.05) is 0 Å². The fourth-order valence-electron chi connectivity index (χ4n) is 2.43. The van der Waals surface area contributed by atoms with E-state index in [0.717, 1.165) is 25.0 Å². The van der Waals surface area contributed by atoms with Gasteiger partial charge in [-0.15, -0.1) is 0 Å². The topological polar surface area (TPSA) is 45.8 Å². The minimum atomic E-state index is -0.747. The van der Waals surface area contributed by atoms with Crippen molar-refractivity contribution in [2.24, 2.45) is 0 Å². The SMILES string of the molecule is O=c1[nH]c(-c2cc(F)c(Cl)cc2F)nc2c1CCCC2. The minimum Gasteiger partial charge on any atom is -0.306 e. The standard InChI is InChI=1S/C14H11ClF2N2O/c15-9-6-10(16)8(5-11(9)17)13-18-12-4-2-1-3-7(12)14(20)19-13/h5-6H,1-4H2,(H,18,19,20). The molecule has 104 valence electrons. The molecule has 0 unspecified atom stereocenters. The van der Waals surface area contributed by atoms with Crippen LogP contribution in [0.1, 0.15) is 24.1 Å². The van der Waals surface area contributed by atoms with E-state index >= 15 is 0 Å². The summed E-state index contributed by atoms with van der Waals surface area (Å²) in [6, 6.07) is 1.83. The second kappa shape index (κ2) is 4.98. The molecular formula is C14H11ClF2N2O. The summed E-state index contributed by atoms with van der Waals surface area (Å²) in [5.74, 6) is -1.41. The monoisotopic (exact) mass is 296 g/mol. The van der Waals surface area contributed by atoms with Gasteiger partial charge in [-0.1, -0.05) is 11.6 Å². The molecule has 1 aromatic carbocycles. The Labute approximate surface area is 118 Å². The maximum atomic E-state index is 13.9. The van der Waals surface area contributed by atoms with Crippen LogP contribution in [-0.2, 0) is 12.8 Å². The molecule has 0 saturated carbocycles. The summed E-state index contributed by atoms with van der Waals surface area (Å²) < 4.78 is 27.3. The lowest BCUT2D eigenvalue weighted by Gasteiger charge is -2.14. The molecule has 1 aliphatic carbocycles. The molecule has 3 rings (SSSR count). The number of aryl methyl sites for hydroxylation is 1. The number of aromatic amines is 1. The highest BCUT2D eigenvalue weighted by atomic mass is 35.5. The van der Waals surface area contributed by atoms with Crippen LogP contribution in [0.15, 0.2) is 16.9 Å². The fourth-order valence-corrected chi connectivity index (χ4v) is 2.59. The van der Waals surface area contributed by atoms with Crippen LogP contribution in [0.2, 0.25) is 5.02 Å². The van der Waals surface area contributed by atoms with E-state index in [2.05, 4.69) is 9.97 Å². The summed E-state index contributed by atoms with van der Waals surface area (Å²) in [6.07, 6.45) is 3.25. The van der Waals surface area contributed by atoms with E-state index in [1.54, 1.807) is 0 Å². The van der Waals surface area contributed by atoms with Crippen LogP contribution in [0, 0.1) is 11.6 Å². The zero-order valence-electron chi connectivity index (χ0n) is 10.5. The highest BCUT2D eigenvalue weighted by molar-refractivity contribution is 6.30. The van der Waals surface area contributed by atoms with E-state index < -0.39 is 11.6 Å². The van der Waals surface area contributed by atoms with Gasteiger partial charge in [0.1, 0.15) is 17.5 Å². The maximum absolute atomic E-state index is 13.9. The number of nitrogens with zero attached hydrogens (tertiary/aromatic N) is 1. The molecule has 1 aromatic heterocycles. The van der Waals surface area contributed by atoms with E-state index in [9.17, 15) is 13.6 Å². The molecule has 1 N–H and O–H groups in total. The zero-order chi connectivity index (χ0) is 14.3. The Morgan fingerprint density at radius 2 is 1.90 bits per heavy atom. The lowest BCUT2D eigenvalue weighted by molar-refractivity contribution is 0.601. The second-order valence-electron chi connectivity index (χ2n) is 4.79. The molecule has 6 heteroatoms. The first-order valence-corrected chi connectivity index (χ1v) is 6.71. The number of nitrogens with one attached hydrogen (secondary N) is 1. The third kappa shape index (κ3) is 2.22. The van der Waals surface area contributed by atoms with Gasteiger partial charge in [-0.05, 0) is 37.8 Å². The molecule has 0 aliphatic heterocycles. The van der Waals surface area contributed by atoms with Crippen LogP contribution >= 0.6 is 11.6 Å². The van der Waals surface area contributed by atoms with Gasteiger partial charge in [0, 0.05) is 5.56 Å². The van der Waals surface area contributed by atoms with Crippen molar-refractivity contribution in [3.8, 4) is 11.4 Å². The van der Waals surface area contributed by atoms with Crippen molar-refractivity contribution >= 4 is 11.6 Å². The second-order valence-corrected chi connectivity index (χ2v) is 5.20. The van der Waals surface area contributed by atoms with Gasteiger partial charge in [0.25, 0.3) is 5.56 Å². The van der Waals surface area contributed by atoms with Crippen molar-refractivity contribution in [1.82, 2.24) is 9.97 Å². The van der Waals surface area contributed by atoms with Crippen molar-refractivity contribution < 1.29 is 8.78 Å². The Morgan fingerprint density at radius 1 is 1.15 bits per heavy atom. The normalized spacial score (nSPS) is 14.2. The molecular weight excluding hydrogens is 286 g/mol. The van der Waals surface area contributed by atoms with Gasteiger partial charge in [0.2, 0.25) is 0 Å². The van der Waals surface area contributed by atoms with Gasteiger partial charge in [0.05, 0.1) is 16.3 Å². The van der Waals surface area contributed by atoms with Crippen LogP contribution in [-0.4, -0.2) is 9.97 Å². The minimum absolute atomic E-state index is 0.0451. The van der Waals surface area contributed by atoms with Crippen molar-refractivity contribution in [1.29, 1.82) is 0 Å². The van der Waals surface area contributed by atoms with Gasteiger partial charge >= 0.3 is 0 Å². The Hall–Kier alpha value is -1.75. The third-order valence-corrected chi connectivity index (χ3v) is 3.75. The van der Waals surface area contributed by atoms with Gasteiger partial charge < -0.3 is 4.98 Å². The number of hydrogen-bond donors (Lipinski definition) is 1. The van der Waals surface area contributed by atoms with Gasteiger partial charge in [-0.3, -0.25) is 4.79 Å². The van der Waals surface area contributed by atoms with E-state index in [1.165, 1.54) is 0 Å². The molecule has 0 radical (unpaired) electrons. The molecule has 3 nitrogen and oxygen atoms in total. The maximum Gasteiger partial charge on any atom is 0.254 e. The molecule has 20 heavy (non-hydrogen) atoms. The van der Waals surface area contributed by atoms with Crippen LogP contribution in [0.25, 0.3) is 11.4 Å². The molecule has 0 saturated heterocycles. The van der Waals surface area contributed by atoms with Crippen molar-refractivity contribution in [3.05, 3.63) is 50.4 Å². The lowest BCUT2D eigenvalue weighted by Crippen LogP contribution is -2.21. The largest absolute Gasteiger partial charge is 0.306 e. The van der Waals surface area contributed by atoms with Crippen molar-refractivity contribution in [2.45, 2.75) is 25.7 Å². The van der Waals surface area contributed by atoms with E-state index in [4.69, 9.17) is 11.6 Å². The molecule has 0 amide bonds. The number of benzene rings is 1. The lowest BCUT2D eigenvalue weighted by atomic mass is 9.97. The number of H-pyrrole nitrogens is 1. The molecule has 2 aromatic rings. The molecule has 0 bridgehead atoms. The highest BCUT2D eigenvalue weighted by Gasteiger charge is 2.18. The molecule has 0 atom stereocenters. The van der Waals surface area contributed by atoms with Gasteiger partial charge in [-0.25, -0.2) is 13.8 Å². The Kier molecular flexibility index (Phi) is 3.30. The Bertz CT molecular complexity index is 743. The van der Waals surface area contributed by atoms with Crippen LogP contribution < -0.4 is 5.56 Å². The third-order valence-electron chi connectivity index (χ3n) is 3.46. The number of hydrogen-bond acceptors (Lipinski definition) is 2. The smallest absolute Gasteiger partial charge is 0.254 e. The molecule has 0 spiro atoms. The first-order chi connectivity index (χ1) is 9.56. The first kappa shape index (κ1) is 13.2. The summed E-state index contributed by atoms with van der Waals surface area (Å²) in [7, 11) is 0. The summed E-state index contributed by atoms with van der Waals surface area (Å²) >= 11 is 5.51. The predicted octanol–water partition coefficient (Wildman–Crippen LogP) is 3.25. The van der Waals surface area contributed by atoms with Crippen molar-refractivity contribution in [3.63, 3.8) is 0 Å². The Balaban J connectivity index is 2.18. The number of rotatable bonds is 1. The van der Waals surface area contributed by atoms with Crippen LogP contribution in [0.4, 0.5) is 8.78 Å². The first-order valence-electron chi connectivity index (χ1n) is 6.33. The average Bonchev–Trinajstić information content (AvgIpc) is 2.43. The van der Waals surface area contributed by atoms with Crippen LogP contribution in [0.5, 0.6) is 0 Å². The highest BCUT2D eigenvalue weighted by Crippen LogP contribution is 2.26. The van der Waals surface area contributed by atoms with Crippen LogP contribution in [0.3, 0.4) is 0 Å². The molecule has 1 aliphatic rings. The number of fused-ring (bicyclic) bond motifs is 1. The summed E-state index contributed by atoms with van der Waals surface area (Å²) in [6.45, 7) is 0. The van der Waals surface area contributed by atoms with Gasteiger partial charge in [-0.2, -0.15) is 0 Å². The average molecular weight is 297 g/mol. The zero-order valence-corrected chi connectivity index (χ0v) is 11.2. The van der Waals surface area contributed by atoms with Gasteiger partial charge in [0.15, 0.2) is 0 Å². The van der Waals surface area contributed by atoms with E-state index in [-0.39, 0.29) is 22.0 Å². The number of halogens is 3.